The van der Waals surface area contributed by atoms with Crippen LogP contribution in [0.3, 0.4) is 0 Å². The van der Waals surface area contributed by atoms with Crippen molar-refractivity contribution in [3.8, 4) is 0 Å². The van der Waals surface area contributed by atoms with E-state index in [2.05, 4.69) is 0 Å². The zero-order valence-electron chi connectivity index (χ0n) is 19.7. The fourth-order valence-electron chi connectivity index (χ4n) is 4.68. The van der Waals surface area contributed by atoms with Gasteiger partial charge in [0.15, 0.2) is 11.6 Å². The van der Waals surface area contributed by atoms with Gasteiger partial charge in [-0.1, -0.05) is 30.2 Å². The van der Waals surface area contributed by atoms with Crippen molar-refractivity contribution in [1.29, 1.82) is 0 Å². The predicted molar refractivity (Wildman–Crippen MR) is 116 cm³/mol. The van der Waals surface area contributed by atoms with Crippen molar-refractivity contribution in [2.45, 2.75) is 71.9 Å². The Bertz CT molecular complexity index is 1000. The molecule has 10 heteroatoms. The summed E-state index contributed by atoms with van der Waals surface area (Å²) in [7, 11) is -4.71. The van der Waals surface area contributed by atoms with Gasteiger partial charge >= 0.3 is 15.6 Å². The van der Waals surface area contributed by atoms with Crippen molar-refractivity contribution in [2.24, 2.45) is 16.7 Å². The van der Waals surface area contributed by atoms with E-state index in [4.69, 9.17) is 8.92 Å². The van der Waals surface area contributed by atoms with Crippen LogP contribution in [-0.4, -0.2) is 38.7 Å². The van der Waals surface area contributed by atoms with Crippen LogP contribution in [0, 0.1) is 16.7 Å². The summed E-state index contributed by atoms with van der Waals surface area (Å²) in [6.45, 7) is 8.70. The molecule has 0 radical (unpaired) electrons. The summed E-state index contributed by atoms with van der Waals surface area (Å²) >= 11 is 0. The molecule has 0 amide bonds. The van der Waals surface area contributed by atoms with Crippen LogP contribution in [0.2, 0.25) is 0 Å². The van der Waals surface area contributed by atoms with E-state index in [1.807, 2.05) is 19.9 Å². The van der Waals surface area contributed by atoms with Crippen LogP contribution in [0.25, 0.3) is 0 Å². The lowest BCUT2D eigenvalue weighted by Crippen LogP contribution is -2.62. The number of Topliss-reactive ketones (excluding diaryl/α,β-unsaturated/α-hetero) is 1. The van der Waals surface area contributed by atoms with E-state index in [0.29, 0.717) is 6.42 Å². The second-order valence-electron chi connectivity index (χ2n) is 9.49. The van der Waals surface area contributed by atoms with E-state index in [1.54, 1.807) is 19.9 Å². The summed E-state index contributed by atoms with van der Waals surface area (Å²) in [5.41, 5.74) is -6.81. The van der Waals surface area contributed by atoms with Crippen LogP contribution in [0.5, 0.6) is 0 Å². The summed E-state index contributed by atoms with van der Waals surface area (Å²) in [6.07, 6.45) is 3.31. The number of hydrogen-bond donors (Lipinski definition) is 0. The number of halogens is 3. The standard InChI is InChI=1S/C23H31F3O6S/c1-14(2)8-7-10-21(5)18(32-33(29,30)23(24,25)26)13-22(11-9-15(3)4)17(31-6)12-16(27)19(21)20(22)28/h8-9,12,18-19H,7,10-11,13H2,1-6H3/t18-,19-,21-,22-/m0/s1. The third-order valence-electron chi connectivity index (χ3n) is 6.53. The SMILES string of the molecule is COC1=CC(=O)[C@H]2C(=O)[C@@]1(CC=C(C)C)C[C@H](OS(=O)(=O)C(F)(F)F)[C@]2(C)CCC=C(C)C. The molecular weight excluding hydrogens is 461 g/mol. The number of alkyl halides is 3. The molecule has 0 heterocycles. The topological polar surface area (TPSA) is 86.7 Å². The van der Waals surface area contributed by atoms with Crippen LogP contribution < -0.4 is 0 Å². The quantitative estimate of drug-likeness (QED) is 0.205. The van der Waals surface area contributed by atoms with Gasteiger partial charge in [-0.2, -0.15) is 21.6 Å². The van der Waals surface area contributed by atoms with Crippen molar-refractivity contribution in [3.63, 3.8) is 0 Å². The van der Waals surface area contributed by atoms with Gasteiger partial charge in [0.2, 0.25) is 0 Å². The van der Waals surface area contributed by atoms with Crippen molar-refractivity contribution < 1.29 is 40.1 Å². The smallest absolute Gasteiger partial charge is 0.500 e. The molecule has 2 aliphatic carbocycles. The second-order valence-corrected chi connectivity index (χ2v) is 11.1. The molecule has 6 nitrogen and oxygen atoms in total. The highest BCUT2D eigenvalue weighted by Gasteiger charge is 2.66. The average molecular weight is 493 g/mol. The van der Waals surface area contributed by atoms with E-state index in [9.17, 15) is 31.2 Å². The number of hydrogen-bond acceptors (Lipinski definition) is 6. The van der Waals surface area contributed by atoms with Gasteiger partial charge < -0.3 is 4.74 Å². The molecule has 0 N–H and O–H groups in total. The maximum absolute atomic E-state index is 13.7. The fraction of sp³-hybridized carbons (Fsp3) is 0.652. The zero-order valence-corrected chi connectivity index (χ0v) is 20.5. The van der Waals surface area contributed by atoms with E-state index in [1.165, 1.54) is 20.1 Å². The zero-order chi connectivity index (χ0) is 25.4. The Morgan fingerprint density at radius 2 is 1.73 bits per heavy atom. The lowest BCUT2D eigenvalue weighted by Gasteiger charge is -2.53. The fourth-order valence-corrected chi connectivity index (χ4v) is 5.39. The molecule has 0 aromatic rings. The van der Waals surface area contributed by atoms with E-state index in [0.717, 1.165) is 11.1 Å². The highest BCUT2D eigenvalue weighted by atomic mass is 32.2. The van der Waals surface area contributed by atoms with Gasteiger partial charge in [-0.3, -0.25) is 13.8 Å². The first-order chi connectivity index (χ1) is 15.0. The Balaban J connectivity index is 2.71. The van der Waals surface area contributed by atoms with E-state index < -0.39 is 50.0 Å². The summed E-state index contributed by atoms with van der Waals surface area (Å²) in [6, 6.07) is 0. The van der Waals surface area contributed by atoms with Crippen LogP contribution in [0.1, 0.15) is 60.3 Å². The van der Waals surface area contributed by atoms with Crippen molar-refractivity contribution in [2.75, 3.05) is 7.11 Å². The Morgan fingerprint density at radius 1 is 1.15 bits per heavy atom. The van der Waals surface area contributed by atoms with Crippen LogP contribution in [0.15, 0.2) is 35.1 Å². The molecule has 1 saturated carbocycles. The van der Waals surface area contributed by atoms with Crippen molar-refractivity contribution in [3.05, 3.63) is 35.1 Å². The van der Waals surface area contributed by atoms with Gasteiger partial charge in [0.05, 0.1) is 24.5 Å². The van der Waals surface area contributed by atoms with Crippen LogP contribution >= 0.6 is 0 Å². The normalized spacial score (nSPS) is 29.9. The molecular formula is C23H31F3O6S. The minimum Gasteiger partial charge on any atom is -0.500 e. The first-order valence-corrected chi connectivity index (χ1v) is 12.0. The van der Waals surface area contributed by atoms with Gasteiger partial charge in [0, 0.05) is 11.5 Å². The molecule has 0 aromatic carbocycles. The Kier molecular flexibility index (Phi) is 7.75. The maximum Gasteiger partial charge on any atom is 0.523 e. The molecule has 2 bridgehead atoms. The summed E-state index contributed by atoms with van der Waals surface area (Å²) in [4.78, 5) is 26.8. The van der Waals surface area contributed by atoms with Crippen molar-refractivity contribution in [1.82, 2.24) is 0 Å². The molecule has 0 unspecified atom stereocenters. The molecule has 4 atom stereocenters. The van der Waals surface area contributed by atoms with Gasteiger partial charge in [0.25, 0.3) is 0 Å². The summed E-state index contributed by atoms with van der Waals surface area (Å²) in [5, 5.41) is 0. The lowest BCUT2D eigenvalue weighted by molar-refractivity contribution is -0.162. The number of allylic oxidation sites excluding steroid dienone is 6. The van der Waals surface area contributed by atoms with Gasteiger partial charge in [0.1, 0.15) is 5.76 Å². The third kappa shape index (κ3) is 5.11. The van der Waals surface area contributed by atoms with E-state index >= 15 is 0 Å². The number of methoxy groups -OCH3 is 1. The van der Waals surface area contributed by atoms with Gasteiger partial charge in [-0.05, 0) is 53.4 Å². The minimum atomic E-state index is -5.97. The average Bonchev–Trinajstić information content (AvgIpc) is 2.65. The van der Waals surface area contributed by atoms with Crippen molar-refractivity contribution >= 4 is 21.7 Å². The maximum atomic E-state index is 13.7. The molecule has 0 aromatic heterocycles. The molecule has 186 valence electrons. The predicted octanol–water partition coefficient (Wildman–Crippen LogP) is 5.02. The largest absolute Gasteiger partial charge is 0.523 e. The molecule has 1 fully saturated rings. The van der Waals surface area contributed by atoms with Gasteiger partial charge in [-0.25, -0.2) is 0 Å². The molecule has 0 aliphatic heterocycles. The number of rotatable bonds is 8. The number of carbonyl (C=O) groups is 2. The molecule has 0 spiro atoms. The first-order valence-electron chi connectivity index (χ1n) is 10.6. The number of ketones is 2. The minimum absolute atomic E-state index is 0.00982. The number of fused-ring (bicyclic) bond motifs is 2. The summed E-state index contributed by atoms with van der Waals surface area (Å²) in [5.74, 6) is -2.44. The summed E-state index contributed by atoms with van der Waals surface area (Å²) < 4.78 is 73.8. The number of carbonyl (C=O) groups excluding carboxylic acids is 2. The number of ether oxygens (including phenoxy) is 1. The second kappa shape index (κ2) is 9.37. The molecule has 0 saturated heterocycles. The highest BCUT2D eigenvalue weighted by molar-refractivity contribution is 7.87. The first kappa shape index (κ1) is 27.3. The Morgan fingerprint density at radius 3 is 2.21 bits per heavy atom. The van der Waals surface area contributed by atoms with Crippen LogP contribution in [-0.2, 0) is 28.6 Å². The van der Waals surface area contributed by atoms with E-state index in [-0.39, 0.29) is 25.0 Å². The van der Waals surface area contributed by atoms with Crippen LogP contribution in [0.4, 0.5) is 13.2 Å². The monoisotopic (exact) mass is 492 g/mol. The third-order valence-corrected chi connectivity index (χ3v) is 7.59. The molecule has 33 heavy (non-hydrogen) atoms. The molecule has 2 rings (SSSR count). The Labute approximate surface area is 193 Å². The Hall–Kier alpha value is -1.94. The lowest BCUT2D eigenvalue weighted by atomic mass is 9.50. The highest BCUT2D eigenvalue weighted by Crippen LogP contribution is 2.58. The van der Waals surface area contributed by atoms with Gasteiger partial charge in [-0.15, -0.1) is 0 Å². The molecule has 2 aliphatic rings.